The molecule has 2 bridgehead atoms. The van der Waals surface area contributed by atoms with Crippen LogP contribution in [0, 0.1) is 12.8 Å². The molecule has 2 aromatic rings. The number of pyridine rings is 1. The monoisotopic (exact) mass is 379 g/mol. The first-order valence-electron chi connectivity index (χ1n) is 10.1. The number of phenols is 1. The number of piperidine rings is 3. The van der Waals surface area contributed by atoms with Crippen LogP contribution in [0.2, 0.25) is 0 Å². The lowest BCUT2D eigenvalue weighted by Gasteiger charge is -2.51. The minimum atomic E-state index is -0.222. The average Bonchev–Trinajstić information content (AvgIpc) is 3.11. The van der Waals surface area contributed by atoms with Gasteiger partial charge in [-0.05, 0) is 56.5 Å². The van der Waals surface area contributed by atoms with Crippen molar-refractivity contribution in [3.05, 3.63) is 63.6 Å². The van der Waals surface area contributed by atoms with E-state index in [0.717, 1.165) is 37.2 Å². The summed E-state index contributed by atoms with van der Waals surface area (Å²) in [4.78, 5) is 33.3. The maximum Gasteiger partial charge on any atom is 0.259 e. The molecule has 0 saturated carbocycles. The molecular formula is C22H25N3O3. The number of hydrogen-bond acceptors (Lipinski definition) is 4. The molecule has 6 rings (SSSR count). The Morgan fingerprint density at radius 2 is 1.96 bits per heavy atom. The number of phenolic OH excluding ortho intramolecular Hbond substituents is 1. The van der Waals surface area contributed by atoms with Gasteiger partial charge in [-0.1, -0.05) is 12.1 Å². The predicted octanol–water partition coefficient (Wildman–Crippen LogP) is 2.09. The van der Waals surface area contributed by atoms with E-state index in [0.29, 0.717) is 12.5 Å². The Morgan fingerprint density at radius 1 is 1.18 bits per heavy atom. The van der Waals surface area contributed by atoms with E-state index in [4.69, 9.17) is 0 Å². The average molecular weight is 379 g/mol. The van der Waals surface area contributed by atoms with Crippen molar-refractivity contribution in [1.29, 1.82) is 0 Å². The molecule has 1 aromatic heterocycles. The van der Waals surface area contributed by atoms with E-state index < -0.39 is 0 Å². The lowest BCUT2D eigenvalue weighted by atomic mass is 9.75. The van der Waals surface area contributed by atoms with Gasteiger partial charge in [0.15, 0.2) is 5.43 Å². The van der Waals surface area contributed by atoms with E-state index in [9.17, 15) is 14.7 Å². The van der Waals surface area contributed by atoms with E-state index in [-0.39, 0.29) is 40.7 Å². The first kappa shape index (κ1) is 17.5. The van der Waals surface area contributed by atoms with E-state index in [2.05, 4.69) is 9.88 Å². The van der Waals surface area contributed by atoms with Crippen molar-refractivity contribution < 1.29 is 9.90 Å². The molecule has 6 nitrogen and oxygen atoms in total. The van der Waals surface area contributed by atoms with Crippen molar-refractivity contribution in [2.24, 2.45) is 5.92 Å². The standard InChI is InChI=1S/C22H25N3O3/c1-13-9-19(27)17(11-23-13)22(28)25-12-18(15-3-2-4-16(26)10-15)21-20(25)14-5-7-24(21)8-6-14/h2-4,9-11,14,18,20-21,26H,5-8,12H2,1H3,(H,23,27)/t18-,20+,21+/m1/s1. The molecule has 0 spiro atoms. The third-order valence-electron chi connectivity index (χ3n) is 6.84. The van der Waals surface area contributed by atoms with Gasteiger partial charge in [0.1, 0.15) is 11.3 Å². The molecule has 4 aliphatic rings. The SMILES string of the molecule is Cc1cc(=O)c(C(=O)N2C[C@H](c3cccc(O)c3)[C@H]3[C@@H]2C2CCN3CC2)c[nH]1. The van der Waals surface area contributed by atoms with Gasteiger partial charge in [0, 0.05) is 36.5 Å². The summed E-state index contributed by atoms with van der Waals surface area (Å²) in [6, 6.07) is 9.27. The van der Waals surface area contributed by atoms with Gasteiger partial charge in [0.05, 0.1) is 6.04 Å². The molecule has 146 valence electrons. The van der Waals surface area contributed by atoms with Crippen LogP contribution < -0.4 is 5.43 Å². The predicted molar refractivity (Wildman–Crippen MR) is 106 cm³/mol. The Hall–Kier alpha value is -2.60. The Labute approximate surface area is 163 Å². The third-order valence-corrected chi connectivity index (χ3v) is 6.84. The molecule has 2 N–H and O–H groups in total. The summed E-state index contributed by atoms with van der Waals surface area (Å²) in [5.74, 6) is 0.705. The maximum atomic E-state index is 13.4. The van der Waals surface area contributed by atoms with E-state index in [1.54, 1.807) is 12.3 Å². The number of aromatic amines is 1. The topological polar surface area (TPSA) is 76.6 Å². The van der Waals surface area contributed by atoms with Crippen molar-refractivity contribution in [2.75, 3.05) is 19.6 Å². The molecule has 4 fully saturated rings. The number of likely N-dealkylation sites (tertiary alicyclic amines) is 1. The molecule has 4 saturated heterocycles. The summed E-state index contributed by atoms with van der Waals surface area (Å²) in [6.45, 7) is 4.52. The Balaban J connectivity index is 1.55. The second-order valence-electron chi connectivity index (χ2n) is 8.41. The minimum Gasteiger partial charge on any atom is -0.508 e. The lowest BCUT2D eigenvalue weighted by molar-refractivity contribution is -0.00346. The smallest absolute Gasteiger partial charge is 0.259 e. The van der Waals surface area contributed by atoms with Crippen LogP contribution in [0.4, 0.5) is 0 Å². The van der Waals surface area contributed by atoms with Crippen LogP contribution >= 0.6 is 0 Å². The number of carbonyl (C=O) groups excluding carboxylic acids is 1. The number of benzene rings is 1. The maximum absolute atomic E-state index is 13.4. The van der Waals surface area contributed by atoms with Crippen LogP contribution in [-0.2, 0) is 0 Å². The summed E-state index contributed by atoms with van der Waals surface area (Å²) >= 11 is 0. The van der Waals surface area contributed by atoms with Crippen molar-refractivity contribution in [3.8, 4) is 5.75 Å². The molecule has 6 heteroatoms. The zero-order valence-electron chi connectivity index (χ0n) is 16.0. The normalized spacial score (nSPS) is 31.0. The van der Waals surface area contributed by atoms with Crippen LogP contribution in [0.25, 0.3) is 0 Å². The Morgan fingerprint density at radius 3 is 2.68 bits per heavy atom. The number of aromatic nitrogens is 1. The number of H-pyrrole nitrogens is 1. The summed E-state index contributed by atoms with van der Waals surface area (Å²) < 4.78 is 0. The highest BCUT2D eigenvalue weighted by molar-refractivity contribution is 5.94. The van der Waals surface area contributed by atoms with E-state index >= 15 is 0 Å². The van der Waals surface area contributed by atoms with Gasteiger partial charge < -0.3 is 15.0 Å². The second-order valence-corrected chi connectivity index (χ2v) is 8.41. The quantitative estimate of drug-likeness (QED) is 0.838. The Bertz CT molecular complexity index is 977. The van der Waals surface area contributed by atoms with Crippen molar-refractivity contribution in [1.82, 2.24) is 14.8 Å². The van der Waals surface area contributed by atoms with E-state index in [1.807, 2.05) is 30.0 Å². The van der Waals surface area contributed by atoms with Gasteiger partial charge in [-0.15, -0.1) is 0 Å². The second kappa shape index (κ2) is 6.48. The molecule has 4 aliphatic heterocycles. The first-order chi connectivity index (χ1) is 13.5. The number of nitrogens with one attached hydrogen (secondary N) is 1. The lowest BCUT2D eigenvalue weighted by Crippen LogP contribution is -2.60. The highest BCUT2D eigenvalue weighted by Crippen LogP contribution is 2.47. The minimum absolute atomic E-state index is 0.128. The number of rotatable bonds is 2. The number of carbonyl (C=O) groups is 1. The summed E-state index contributed by atoms with van der Waals surface area (Å²) in [5.41, 5.74) is 1.81. The van der Waals surface area contributed by atoms with Gasteiger partial charge >= 0.3 is 0 Å². The Kier molecular flexibility index (Phi) is 4.05. The molecule has 0 aliphatic carbocycles. The van der Waals surface area contributed by atoms with Crippen LogP contribution in [0.5, 0.6) is 5.75 Å². The highest BCUT2D eigenvalue weighted by atomic mass is 16.3. The third kappa shape index (κ3) is 2.66. The number of fused-ring (bicyclic) bond motifs is 2. The summed E-state index contributed by atoms with van der Waals surface area (Å²) in [6.07, 6.45) is 3.75. The van der Waals surface area contributed by atoms with Gasteiger partial charge in [0.2, 0.25) is 0 Å². The van der Waals surface area contributed by atoms with Gasteiger partial charge in [-0.2, -0.15) is 0 Å². The van der Waals surface area contributed by atoms with Gasteiger partial charge in [-0.3, -0.25) is 14.5 Å². The van der Waals surface area contributed by atoms with Crippen LogP contribution in [0.15, 0.2) is 41.3 Å². The van der Waals surface area contributed by atoms with E-state index in [1.165, 1.54) is 6.07 Å². The van der Waals surface area contributed by atoms with Crippen molar-refractivity contribution in [2.45, 2.75) is 37.8 Å². The molecule has 1 amide bonds. The number of aryl methyl sites for hydroxylation is 1. The fraction of sp³-hybridized carbons (Fsp3) is 0.455. The van der Waals surface area contributed by atoms with Crippen molar-refractivity contribution >= 4 is 5.91 Å². The molecule has 0 unspecified atom stereocenters. The number of amides is 1. The highest BCUT2D eigenvalue weighted by Gasteiger charge is 2.54. The van der Waals surface area contributed by atoms with Crippen molar-refractivity contribution in [3.63, 3.8) is 0 Å². The zero-order valence-corrected chi connectivity index (χ0v) is 16.0. The fourth-order valence-corrected chi connectivity index (χ4v) is 5.60. The first-order valence-corrected chi connectivity index (χ1v) is 10.1. The van der Waals surface area contributed by atoms with Gasteiger partial charge in [-0.25, -0.2) is 0 Å². The molecule has 5 heterocycles. The molecule has 3 atom stereocenters. The summed E-state index contributed by atoms with van der Waals surface area (Å²) in [7, 11) is 0. The van der Waals surface area contributed by atoms with Crippen LogP contribution in [-0.4, -0.2) is 57.5 Å². The molecular weight excluding hydrogens is 354 g/mol. The summed E-state index contributed by atoms with van der Waals surface area (Å²) in [5, 5.41) is 9.98. The number of aromatic hydroxyl groups is 1. The van der Waals surface area contributed by atoms with Crippen LogP contribution in [0.1, 0.15) is 40.4 Å². The van der Waals surface area contributed by atoms with Crippen LogP contribution in [0.3, 0.4) is 0 Å². The van der Waals surface area contributed by atoms with Gasteiger partial charge in [0.25, 0.3) is 5.91 Å². The molecule has 28 heavy (non-hydrogen) atoms. The zero-order chi connectivity index (χ0) is 19.4. The fourth-order valence-electron chi connectivity index (χ4n) is 5.60. The largest absolute Gasteiger partial charge is 0.508 e. The number of nitrogens with zero attached hydrogens (tertiary/aromatic N) is 2. The number of hydrogen-bond donors (Lipinski definition) is 2. The molecule has 1 aromatic carbocycles. The molecule has 0 radical (unpaired) electrons.